The molecule has 4 aromatic rings. The summed E-state index contributed by atoms with van der Waals surface area (Å²) in [4.78, 5) is 39.3. The van der Waals surface area contributed by atoms with Gasteiger partial charge < -0.3 is 5.11 Å². The number of aromatic nitrogens is 4. The predicted octanol–water partition coefficient (Wildman–Crippen LogP) is 4.05. The van der Waals surface area contributed by atoms with Crippen molar-refractivity contribution in [1.29, 1.82) is 5.26 Å². The van der Waals surface area contributed by atoms with E-state index < -0.39 is 10.9 Å². The zero-order valence-electron chi connectivity index (χ0n) is 17.1. The summed E-state index contributed by atoms with van der Waals surface area (Å²) in [5.41, 5.74) is 3.81. The lowest BCUT2D eigenvalue weighted by Crippen LogP contribution is -2.02. The summed E-state index contributed by atoms with van der Waals surface area (Å²) in [7, 11) is 0. The molecule has 0 aliphatic rings. The van der Waals surface area contributed by atoms with Crippen LogP contribution in [0.5, 0.6) is 0 Å². The molecule has 0 aromatic carbocycles. The first-order chi connectivity index (χ1) is 15.9. The molecule has 1 N–H and O–H groups in total. The van der Waals surface area contributed by atoms with E-state index in [0.29, 0.717) is 45.2 Å². The van der Waals surface area contributed by atoms with E-state index in [9.17, 15) is 20.0 Å². The van der Waals surface area contributed by atoms with E-state index in [1.165, 1.54) is 36.8 Å². The Morgan fingerprint density at radius 1 is 1.00 bits per heavy atom. The summed E-state index contributed by atoms with van der Waals surface area (Å²) in [6.45, 7) is 1.78. The molecule has 10 heteroatoms. The van der Waals surface area contributed by atoms with Crippen molar-refractivity contribution in [2.24, 2.45) is 0 Å². The topological polar surface area (TPSA) is 156 Å². The van der Waals surface area contributed by atoms with E-state index in [1.807, 2.05) is 6.07 Å². The monoisotopic (exact) mass is 438 g/mol. The van der Waals surface area contributed by atoms with Gasteiger partial charge in [-0.05, 0) is 43.3 Å². The lowest BCUT2D eigenvalue weighted by molar-refractivity contribution is -0.385. The Balaban J connectivity index is 1.98. The second-order valence-electron chi connectivity index (χ2n) is 6.97. The molecule has 0 bridgehead atoms. The third-order valence-electron chi connectivity index (χ3n) is 4.78. The van der Waals surface area contributed by atoms with Crippen LogP contribution in [0.3, 0.4) is 0 Å². The number of nitrogens with zero attached hydrogens (tertiary/aromatic N) is 6. The summed E-state index contributed by atoms with van der Waals surface area (Å²) >= 11 is 0. The maximum Gasteiger partial charge on any atom is 0.337 e. The molecule has 0 spiro atoms. The van der Waals surface area contributed by atoms with Crippen LogP contribution in [0.4, 0.5) is 5.69 Å². The largest absolute Gasteiger partial charge is 0.478 e. The molecule has 0 aliphatic carbocycles. The smallest absolute Gasteiger partial charge is 0.337 e. The summed E-state index contributed by atoms with van der Waals surface area (Å²) in [5, 5.41) is 29.3. The van der Waals surface area contributed by atoms with E-state index in [-0.39, 0.29) is 11.3 Å². The van der Waals surface area contributed by atoms with Gasteiger partial charge in [-0.25, -0.2) is 9.78 Å². The molecule has 4 aromatic heterocycles. The Labute approximate surface area is 187 Å². The van der Waals surface area contributed by atoms with Crippen LogP contribution in [0, 0.1) is 28.4 Å². The van der Waals surface area contributed by atoms with Crippen molar-refractivity contribution < 1.29 is 14.8 Å². The highest BCUT2D eigenvalue weighted by atomic mass is 16.6. The number of hydrogen-bond donors (Lipinski definition) is 1. The van der Waals surface area contributed by atoms with Gasteiger partial charge in [0, 0.05) is 35.3 Å². The minimum absolute atomic E-state index is 0.0294. The van der Waals surface area contributed by atoms with Gasteiger partial charge in [0.2, 0.25) is 0 Å². The van der Waals surface area contributed by atoms with Crippen LogP contribution in [0.2, 0.25) is 0 Å². The molecule has 33 heavy (non-hydrogen) atoms. The lowest BCUT2D eigenvalue weighted by Gasteiger charge is -2.15. The number of hydrogen-bond acceptors (Lipinski definition) is 8. The zero-order chi connectivity index (χ0) is 23.5. The molecule has 0 amide bonds. The molecule has 10 nitrogen and oxygen atoms in total. The molecule has 4 rings (SSSR count). The maximum absolute atomic E-state index is 11.2. The molecular formula is C23H14N6O4. The number of carboxylic acids is 1. The van der Waals surface area contributed by atoms with E-state index in [4.69, 9.17) is 5.26 Å². The van der Waals surface area contributed by atoms with E-state index in [0.717, 1.165) is 0 Å². The number of pyridine rings is 4. The predicted molar refractivity (Wildman–Crippen MR) is 117 cm³/mol. The molecule has 160 valence electrons. The first kappa shape index (κ1) is 21.2. The molecule has 0 unspecified atom stereocenters. The average molecular weight is 438 g/mol. The van der Waals surface area contributed by atoms with Crippen molar-refractivity contribution in [3.8, 4) is 40.0 Å². The Morgan fingerprint density at radius 2 is 1.70 bits per heavy atom. The van der Waals surface area contributed by atoms with E-state index in [1.54, 1.807) is 31.2 Å². The van der Waals surface area contributed by atoms with Gasteiger partial charge in [0.05, 0.1) is 38.8 Å². The number of aromatic carboxylic acids is 1. The fraction of sp³-hybridized carbons (Fsp3) is 0.0435. The number of nitro groups is 1. The summed E-state index contributed by atoms with van der Waals surface area (Å²) in [6.07, 6.45) is 3.83. The standard InChI is InChI=1S/C23H14N6O4/c1-13-8-17(18-7-4-16(12-27-18)29(32)33)21(19-5-2-14(9-24)10-25-19)22(28-13)20-6-3-15(11-26-20)23(30)31/h2-8,10-12H,1H3,(H,30,31). The summed E-state index contributed by atoms with van der Waals surface area (Å²) in [5.74, 6) is -1.10. The third-order valence-corrected chi connectivity index (χ3v) is 4.78. The SMILES string of the molecule is Cc1cc(-c2ccc([N+](=O)[O-])cn2)c(-c2ccc(C#N)cn2)c(-c2ccc(C(=O)O)cn2)n1. The van der Waals surface area contributed by atoms with Crippen molar-refractivity contribution in [2.75, 3.05) is 0 Å². The Bertz CT molecular complexity index is 1330. The number of carbonyl (C=O) groups is 1. The van der Waals surface area contributed by atoms with E-state index in [2.05, 4.69) is 19.9 Å². The van der Waals surface area contributed by atoms with Crippen molar-refractivity contribution >= 4 is 11.7 Å². The Morgan fingerprint density at radius 3 is 2.24 bits per heavy atom. The van der Waals surface area contributed by atoms with Crippen LogP contribution in [0.15, 0.2) is 61.1 Å². The van der Waals surface area contributed by atoms with Crippen LogP contribution in [0.25, 0.3) is 33.9 Å². The highest BCUT2D eigenvalue weighted by Crippen LogP contribution is 2.37. The highest BCUT2D eigenvalue weighted by molar-refractivity contribution is 5.91. The van der Waals surface area contributed by atoms with Gasteiger partial charge in [-0.1, -0.05) is 0 Å². The van der Waals surface area contributed by atoms with Gasteiger partial charge in [0.15, 0.2) is 0 Å². The van der Waals surface area contributed by atoms with Crippen LogP contribution < -0.4 is 0 Å². The Kier molecular flexibility index (Phi) is 5.53. The number of carboxylic acid groups (broad SMARTS) is 1. The van der Waals surface area contributed by atoms with Gasteiger partial charge in [0.1, 0.15) is 12.3 Å². The first-order valence-corrected chi connectivity index (χ1v) is 9.56. The molecule has 0 atom stereocenters. The van der Waals surface area contributed by atoms with Crippen LogP contribution in [-0.2, 0) is 0 Å². The highest BCUT2D eigenvalue weighted by Gasteiger charge is 2.20. The Hall–Kier alpha value is -5.04. The lowest BCUT2D eigenvalue weighted by atomic mass is 9.96. The fourth-order valence-corrected chi connectivity index (χ4v) is 3.24. The number of aryl methyl sites for hydroxylation is 1. The van der Waals surface area contributed by atoms with Gasteiger partial charge in [-0.3, -0.25) is 25.1 Å². The van der Waals surface area contributed by atoms with Crippen molar-refractivity contribution in [2.45, 2.75) is 6.92 Å². The van der Waals surface area contributed by atoms with Crippen molar-refractivity contribution in [1.82, 2.24) is 19.9 Å². The van der Waals surface area contributed by atoms with Crippen LogP contribution in [0.1, 0.15) is 21.6 Å². The minimum Gasteiger partial charge on any atom is -0.478 e. The molecule has 0 radical (unpaired) electrons. The van der Waals surface area contributed by atoms with Gasteiger partial charge in [-0.15, -0.1) is 0 Å². The minimum atomic E-state index is -1.10. The first-order valence-electron chi connectivity index (χ1n) is 9.56. The second kappa shape index (κ2) is 8.60. The zero-order valence-corrected chi connectivity index (χ0v) is 17.1. The summed E-state index contributed by atoms with van der Waals surface area (Å²) in [6, 6.07) is 12.9. The number of nitriles is 1. The molecular weight excluding hydrogens is 424 g/mol. The summed E-state index contributed by atoms with van der Waals surface area (Å²) < 4.78 is 0. The third kappa shape index (κ3) is 4.24. The number of rotatable bonds is 5. The second-order valence-corrected chi connectivity index (χ2v) is 6.97. The quantitative estimate of drug-likeness (QED) is 0.358. The molecule has 0 saturated carbocycles. The van der Waals surface area contributed by atoms with Crippen molar-refractivity contribution in [3.05, 3.63) is 88.0 Å². The van der Waals surface area contributed by atoms with Gasteiger partial charge in [0.25, 0.3) is 5.69 Å². The molecule has 0 saturated heterocycles. The van der Waals surface area contributed by atoms with E-state index >= 15 is 0 Å². The van der Waals surface area contributed by atoms with Crippen LogP contribution in [-0.4, -0.2) is 35.9 Å². The van der Waals surface area contributed by atoms with Crippen molar-refractivity contribution in [3.63, 3.8) is 0 Å². The normalized spacial score (nSPS) is 10.4. The molecule has 4 heterocycles. The van der Waals surface area contributed by atoms with Gasteiger partial charge in [-0.2, -0.15) is 5.26 Å². The molecule has 0 fully saturated rings. The maximum atomic E-state index is 11.2. The fourth-order valence-electron chi connectivity index (χ4n) is 3.24. The van der Waals surface area contributed by atoms with Gasteiger partial charge >= 0.3 is 5.97 Å². The van der Waals surface area contributed by atoms with Crippen LogP contribution >= 0.6 is 0 Å². The molecule has 0 aliphatic heterocycles. The average Bonchev–Trinajstić information content (AvgIpc) is 2.83.